The zero-order valence-corrected chi connectivity index (χ0v) is 8.80. The fraction of sp³-hybridized carbons (Fsp3) is 0.500. The van der Waals surface area contributed by atoms with Crippen molar-refractivity contribution in [2.75, 3.05) is 13.1 Å². The van der Waals surface area contributed by atoms with Gasteiger partial charge in [0.05, 0.1) is 18.4 Å². The van der Waals surface area contributed by atoms with Gasteiger partial charge in [-0.25, -0.2) is 0 Å². The molecule has 1 aliphatic rings. The van der Waals surface area contributed by atoms with Crippen molar-refractivity contribution in [3.8, 4) is 0 Å². The Morgan fingerprint density at radius 1 is 1.50 bits per heavy atom. The Morgan fingerprint density at radius 2 is 2.43 bits per heavy atom. The first-order valence-electron chi connectivity index (χ1n) is 4.67. The first-order valence-corrected chi connectivity index (χ1v) is 4.67. The van der Waals surface area contributed by atoms with E-state index in [1.54, 1.807) is 6.20 Å². The highest BCUT2D eigenvalue weighted by molar-refractivity contribution is 5.85. The number of hydrogen-bond donors (Lipinski definition) is 1. The van der Waals surface area contributed by atoms with E-state index >= 15 is 0 Å². The molecule has 1 aliphatic heterocycles. The quantitative estimate of drug-likeness (QED) is 0.826. The zero-order valence-electron chi connectivity index (χ0n) is 7.98. The lowest BCUT2D eigenvalue weighted by molar-refractivity contribution is 0.0522. The number of ether oxygens (including phenoxy) is 1. The van der Waals surface area contributed by atoms with E-state index in [1.165, 1.54) is 0 Å². The van der Waals surface area contributed by atoms with Gasteiger partial charge in [-0.2, -0.15) is 0 Å². The van der Waals surface area contributed by atoms with Gasteiger partial charge in [0, 0.05) is 12.7 Å². The lowest BCUT2D eigenvalue weighted by Crippen LogP contribution is -2.16. The third-order valence-corrected chi connectivity index (χ3v) is 2.21. The molecule has 1 fully saturated rings. The average molecular weight is 215 g/mol. The molecule has 78 valence electrons. The molecule has 0 spiro atoms. The molecule has 4 heteroatoms. The van der Waals surface area contributed by atoms with Crippen LogP contribution >= 0.6 is 12.4 Å². The van der Waals surface area contributed by atoms with Crippen LogP contribution in [-0.4, -0.2) is 24.2 Å². The maximum atomic E-state index is 5.66. The van der Waals surface area contributed by atoms with Crippen molar-refractivity contribution in [1.82, 2.24) is 10.3 Å². The van der Waals surface area contributed by atoms with Crippen molar-refractivity contribution in [2.45, 2.75) is 19.1 Å². The van der Waals surface area contributed by atoms with Crippen molar-refractivity contribution in [3.63, 3.8) is 0 Å². The third-order valence-electron chi connectivity index (χ3n) is 2.21. The molecule has 2 rings (SSSR count). The van der Waals surface area contributed by atoms with Crippen LogP contribution in [0.2, 0.25) is 0 Å². The van der Waals surface area contributed by atoms with Gasteiger partial charge in [0.15, 0.2) is 0 Å². The number of hydrogen-bond acceptors (Lipinski definition) is 3. The molecule has 1 saturated heterocycles. The Morgan fingerprint density at radius 3 is 3.07 bits per heavy atom. The van der Waals surface area contributed by atoms with Crippen LogP contribution in [0.1, 0.15) is 12.1 Å². The lowest BCUT2D eigenvalue weighted by atomic mass is 10.3. The fourth-order valence-electron chi connectivity index (χ4n) is 1.46. The largest absolute Gasteiger partial charge is 0.371 e. The normalized spacial score (nSPS) is 20.4. The molecular weight excluding hydrogens is 200 g/mol. The Labute approximate surface area is 90.3 Å². The summed E-state index contributed by atoms with van der Waals surface area (Å²) in [6, 6.07) is 5.89. The van der Waals surface area contributed by atoms with Gasteiger partial charge in [0.1, 0.15) is 0 Å². The van der Waals surface area contributed by atoms with Gasteiger partial charge < -0.3 is 10.1 Å². The van der Waals surface area contributed by atoms with Crippen LogP contribution in [0.4, 0.5) is 0 Å². The number of nitrogens with one attached hydrogen (secondary N) is 1. The summed E-state index contributed by atoms with van der Waals surface area (Å²) >= 11 is 0. The first kappa shape index (κ1) is 11.4. The Bertz CT molecular complexity index is 250. The van der Waals surface area contributed by atoms with E-state index in [1.807, 2.05) is 18.2 Å². The molecule has 1 N–H and O–H groups in total. The van der Waals surface area contributed by atoms with Crippen molar-refractivity contribution < 1.29 is 4.74 Å². The van der Waals surface area contributed by atoms with Crippen LogP contribution in [0.15, 0.2) is 24.4 Å². The number of aromatic nitrogens is 1. The SMILES string of the molecule is Cl.c1ccc(CO[C@@H]2CCNC2)nc1. The van der Waals surface area contributed by atoms with Gasteiger partial charge in [0.25, 0.3) is 0 Å². The highest BCUT2D eigenvalue weighted by atomic mass is 35.5. The molecule has 0 amide bonds. The number of rotatable bonds is 3. The Hall–Kier alpha value is -0.640. The molecule has 1 aromatic rings. The van der Waals surface area contributed by atoms with Crippen molar-refractivity contribution in [3.05, 3.63) is 30.1 Å². The second-order valence-corrected chi connectivity index (χ2v) is 3.25. The fourth-order valence-corrected chi connectivity index (χ4v) is 1.46. The maximum absolute atomic E-state index is 5.66. The summed E-state index contributed by atoms with van der Waals surface area (Å²) in [7, 11) is 0. The number of nitrogens with zero attached hydrogens (tertiary/aromatic N) is 1. The smallest absolute Gasteiger partial charge is 0.0892 e. The van der Waals surface area contributed by atoms with Crippen LogP contribution in [0, 0.1) is 0 Å². The third kappa shape index (κ3) is 3.25. The molecule has 14 heavy (non-hydrogen) atoms. The molecule has 0 unspecified atom stereocenters. The average Bonchev–Trinajstić information content (AvgIpc) is 2.69. The van der Waals surface area contributed by atoms with Crippen molar-refractivity contribution in [2.24, 2.45) is 0 Å². The number of halogens is 1. The number of pyridine rings is 1. The molecule has 1 aromatic heterocycles. The van der Waals surface area contributed by atoms with Crippen molar-refractivity contribution in [1.29, 1.82) is 0 Å². The van der Waals surface area contributed by atoms with Gasteiger partial charge >= 0.3 is 0 Å². The van der Waals surface area contributed by atoms with Gasteiger partial charge in [-0.15, -0.1) is 12.4 Å². The molecule has 2 heterocycles. The van der Waals surface area contributed by atoms with Crippen molar-refractivity contribution >= 4 is 12.4 Å². The maximum Gasteiger partial charge on any atom is 0.0892 e. The van der Waals surface area contributed by atoms with Gasteiger partial charge in [0.2, 0.25) is 0 Å². The summed E-state index contributed by atoms with van der Waals surface area (Å²) in [4.78, 5) is 4.19. The predicted octanol–water partition coefficient (Wildman–Crippen LogP) is 1.38. The summed E-state index contributed by atoms with van der Waals surface area (Å²) in [6.07, 6.45) is 3.29. The molecule has 0 aromatic carbocycles. The minimum atomic E-state index is 0. The van der Waals surface area contributed by atoms with Crippen LogP contribution in [-0.2, 0) is 11.3 Å². The highest BCUT2D eigenvalue weighted by Gasteiger charge is 2.14. The van der Waals surface area contributed by atoms with E-state index in [0.29, 0.717) is 12.7 Å². The second-order valence-electron chi connectivity index (χ2n) is 3.25. The minimum absolute atomic E-state index is 0. The summed E-state index contributed by atoms with van der Waals surface area (Å²) in [5.41, 5.74) is 1.01. The van der Waals surface area contributed by atoms with Gasteiger partial charge in [-0.3, -0.25) is 4.98 Å². The molecule has 0 bridgehead atoms. The van der Waals surface area contributed by atoms with Crippen LogP contribution in [0.25, 0.3) is 0 Å². The summed E-state index contributed by atoms with van der Waals surface area (Å²) in [5.74, 6) is 0. The zero-order chi connectivity index (χ0) is 8.93. The van der Waals surface area contributed by atoms with Crippen LogP contribution < -0.4 is 5.32 Å². The monoisotopic (exact) mass is 214 g/mol. The van der Waals surface area contributed by atoms with E-state index < -0.39 is 0 Å². The standard InChI is InChI=1S/C10H14N2O.ClH/c1-2-5-12-9(3-1)8-13-10-4-6-11-7-10;/h1-3,5,10-11H,4,6-8H2;1H/t10-;/m1./s1. The van der Waals surface area contributed by atoms with E-state index in [2.05, 4.69) is 10.3 Å². The molecule has 1 atom stereocenters. The van der Waals surface area contributed by atoms with Crippen LogP contribution in [0.3, 0.4) is 0 Å². The molecule has 0 radical (unpaired) electrons. The predicted molar refractivity (Wildman–Crippen MR) is 57.5 cm³/mol. The Kier molecular flexibility index (Phi) is 4.87. The molecule has 0 saturated carbocycles. The molecule has 3 nitrogen and oxygen atoms in total. The van der Waals surface area contributed by atoms with Gasteiger partial charge in [-0.05, 0) is 25.1 Å². The van der Waals surface area contributed by atoms with E-state index in [4.69, 9.17) is 4.74 Å². The highest BCUT2D eigenvalue weighted by Crippen LogP contribution is 2.06. The topological polar surface area (TPSA) is 34.1 Å². The second kappa shape index (κ2) is 5.96. The summed E-state index contributed by atoms with van der Waals surface area (Å²) in [6.45, 7) is 2.69. The minimum Gasteiger partial charge on any atom is -0.371 e. The van der Waals surface area contributed by atoms with E-state index in [-0.39, 0.29) is 12.4 Å². The molecular formula is C10H15ClN2O. The van der Waals surface area contributed by atoms with Gasteiger partial charge in [-0.1, -0.05) is 6.07 Å². The Balaban J connectivity index is 0.000000980. The lowest BCUT2D eigenvalue weighted by Gasteiger charge is -2.09. The summed E-state index contributed by atoms with van der Waals surface area (Å²) in [5, 5.41) is 3.26. The first-order chi connectivity index (χ1) is 6.45. The van der Waals surface area contributed by atoms with Crippen LogP contribution in [0.5, 0.6) is 0 Å². The molecule has 0 aliphatic carbocycles. The van der Waals surface area contributed by atoms with E-state index in [9.17, 15) is 0 Å². The summed E-state index contributed by atoms with van der Waals surface area (Å²) < 4.78 is 5.66. The van der Waals surface area contributed by atoms with E-state index in [0.717, 1.165) is 25.2 Å².